The topological polar surface area (TPSA) is 93.2 Å². The van der Waals surface area contributed by atoms with E-state index in [1.165, 1.54) is 11.3 Å². The molecule has 0 aliphatic rings. The molecule has 2 N–H and O–H groups in total. The van der Waals surface area contributed by atoms with Gasteiger partial charge in [0.2, 0.25) is 0 Å². The van der Waals surface area contributed by atoms with Gasteiger partial charge in [-0.3, -0.25) is 10.2 Å². The number of carbonyl (C=O) groups is 2. The van der Waals surface area contributed by atoms with Crippen LogP contribution < -0.4 is 10.9 Å². The lowest BCUT2D eigenvalue weighted by molar-refractivity contribution is 0.0916. The number of nitrogens with one attached hydrogen (secondary N) is 2. The largest absolute Gasteiger partial charge is 0.449 e. The first-order valence-corrected chi connectivity index (χ1v) is 7.79. The smallest absolute Gasteiger partial charge is 0.426 e. The molecule has 0 fully saturated rings. The molecule has 8 heteroatoms. The van der Waals surface area contributed by atoms with Gasteiger partial charge in [-0.25, -0.2) is 20.2 Å². The highest BCUT2D eigenvalue weighted by Crippen LogP contribution is 2.31. The van der Waals surface area contributed by atoms with Crippen molar-refractivity contribution < 1.29 is 14.3 Å². The van der Waals surface area contributed by atoms with Crippen molar-refractivity contribution in [1.82, 2.24) is 20.8 Å². The SMILES string of the molecule is CCOC(=O)NNC(=O)c1sc2nc(CC)nc(C)c2c1C. The van der Waals surface area contributed by atoms with Crippen molar-refractivity contribution in [2.75, 3.05) is 6.61 Å². The Hall–Kier alpha value is -2.22. The lowest BCUT2D eigenvalue weighted by Gasteiger charge is -2.06. The monoisotopic (exact) mass is 322 g/mol. The van der Waals surface area contributed by atoms with Gasteiger partial charge in [0.25, 0.3) is 5.91 Å². The van der Waals surface area contributed by atoms with Crippen LogP contribution in [0.15, 0.2) is 0 Å². The number of hydrogen-bond acceptors (Lipinski definition) is 6. The highest BCUT2D eigenvalue weighted by atomic mass is 32.1. The number of aromatic nitrogens is 2. The van der Waals surface area contributed by atoms with E-state index in [1.54, 1.807) is 6.92 Å². The highest BCUT2D eigenvalue weighted by molar-refractivity contribution is 7.20. The summed E-state index contributed by atoms with van der Waals surface area (Å²) >= 11 is 1.29. The van der Waals surface area contributed by atoms with Crippen LogP contribution >= 0.6 is 11.3 Å². The average molecular weight is 322 g/mol. The number of amides is 2. The van der Waals surface area contributed by atoms with Crippen molar-refractivity contribution in [3.63, 3.8) is 0 Å². The summed E-state index contributed by atoms with van der Waals surface area (Å²) in [5, 5.41) is 0.892. The highest BCUT2D eigenvalue weighted by Gasteiger charge is 2.19. The van der Waals surface area contributed by atoms with Crippen LogP contribution in [0.3, 0.4) is 0 Å². The Morgan fingerprint density at radius 1 is 1.18 bits per heavy atom. The molecule has 2 rings (SSSR count). The van der Waals surface area contributed by atoms with Crippen LogP contribution in [0.5, 0.6) is 0 Å². The zero-order valence-corrected chi connectivity index (χ0v) is 13.8. The van der Waals surface area contributed by atoms with Crippen LogP contribution in [0.1, 0.15) is 40.6 Å². The molecule has 2 aromatic rings. The van der Waals surface area contributed by atoms with Crippen molar-refractivity contribution >= 4 is 33.6 Å². The molecule has 2 aromatic heterocycles. The molecule has 0 spiro atoms. The Morgan fingerprint density at radius 2 is 1.91 bits per heavy atom. The molecule has 0 aliphatic carbocycles. The van der Waals surface area contributed by atoms with Gasteiger partial charge in [-0.1, -0.05) is 6.92 Å². The van der Waals surface area contributed by atoms with Crippen LogP contribution in [-0.4, -0.2) is 28.6 Å². The first-order chi connectivity index (χ1) is 10.5. The van der Waals surface area contributed by atoms with Crippen LogP contribution in [0.4, 0.5) is 4.79 Å². The summed E-state index contributed by atoms with van der Waals surface area (Å²) in [5.41, 5.74) is 6.20. The molecule has 0 radical (unpaired) electrons. The van der Waals surface area contributed by atoms with E-state index in [1.807, 2.05) is 20.8 Å². The van der Waals surface area contributed by atoms with Gasteiger partial charge in [0.05, 0.1) is 11.5 Å². The molecular weight excluding hydrogens is 304 g/mol. The molecule has 0 saturated carbocycles. The Kier molecular flexibility index (Phi) is 4.92. The maximum Gasteiger partial charge on any atom is 0.426 e. The molecule has 0 unspecified atom stereocenters. The summed E-state index contributed by atoms with van der Waals surface area (Å²) in [6.45, 7) is 7.65. The van der Waals surface area contributed by atoms with E-state index in [0.717, 1.165) is 33.7 Å². The second-order valence-corrected chi connectivity index (χ2v) is 5.61. The van der Waals surface area contributed by atoms with Crippen LogP contribution in [-0.2, 0) is 11.2 Å². The molecule has 0 atom stereocenters. The van der Waals surface area contributed by atoms with E-state index in [2.05, 4.69) is 25.6 Å². The van der Waals surface area contributed by atoms with Crippen LogP contribution in [0.2, 0.25) is 0 Å². The molecule has 22 heavy (non-hydrogen) atoms. The van der Waals surface area contributed by atoms with Crippen LogP contribution in [0, 0.1) is 13.8 Å². The molecule has 7 nitrogen and oxygen atoms in total. The number of carbonyl (C=O) groups excluding carboxylic acids is 2. The van der Waals surface area contributed by atoms with Gasteiger partial charge in [-0.05, 0) is 26.3 Å². The predicted octanol–water partition coefficient (Wildman–Crippen LogP) is 2.26. The zero-order valence-electron chi connectivity index (χ0n) is 12.9. The standard InChI is InChI=1S/C14H18N4O3S/c1-5-9-15-8(4)10-7(3)11(22-13(10)16-9)12(19)17-18-14(20)21-6-2/h5-6H2,1-4H3,(H,17,19)(H,18,20). The van der Waals surface area contributed by atoms with E-state index in [-0.39, 0.29) is 6.61 Å². The van der Waals surface area contributed by atoms with Gasteiger partial charge in [0.15, 0.2) is 0 Å². The van der Waals surface area contributed by atoms with Crippen molar-refractivity contribution in [2.45, 2.75) is 34.1 Å². The molecule has 0 saturated heterocycles. The Morgan fingerprint density at radius 3 is 2.55 bits per heavy atom. The number of thiophene rings is 1. The van der Waals surface area contributed by atoms with Gasteiger partial charge in [-0.2, -0.15) is 0 Å². The molecule has 118 valence electrons. The van der Waals surface area contributed by atoms with Gasteiger partial charge in [0, 0.05) is 17.5 Å². The lowest BCUT2D eigenvalue weighted by Crippen LogP contribution is -2.41. The third-order valence-corrected chi connectivity index (χ3v) is 4.28. The maximum atomic E-state index is 12.2. The summed E-state index contributed by atoms with van der Waals surface area (Å²) in [4.78, 5) is 33.6. The molecular formula is C14H18N4O3S. The number of fused-ring (bicyclic) bond motifs is 1. The minimum absolute atomic E-state index is 0.234. The number of ether oxygens (including phenoxy) is 1. The van der Waals surface area contributed by atoms with Crippen molar-refractivity contribution in [3.8, 4) is 0 Å². The number of rotatable bonds is 3. The van der Waals surface area contributed by atoms with E-state index in [9.17, 15) is 9.59 Å². The summed E-state index contributed by atoms with van der Waals surface area (Å²) < 4.78 is 4.68. The molecule has 0 aliphatic heterocycles. The quantitative estimate of drug-likeness (QED) is 0.846. The first kappa shape index (κ1) is 16.2. The van der Waals surface area contributed by atoms with Gasteiger partial charge < -0.3 is 4.74 Å². The summed E-state index contributed by atoms with van der Waals surface area (Å²) in [5.74, 6) is 0.355. The Bertz CT molecular complexity index is 726. The average Bonchev–Trinajstić information content (AvgIpc) is 2.82. The van der Waals surface area contributed by atoms with E-state index >= 15 is 0 Å². The summed E-state index contributed by atoms with van der Waals surface area (Å²) in [6, 6.07) is 0. The van der Waals surface area contributed by atoms with Gasteiger partial charge in [0.1, 0.15) is 10.7 Å². The molecule has 0 aromatic carbocycles. The third kappa shape index (κ3) is 3.16. The lowest BCUT2D eigenvalue weighted by atomic mass is 10.1. The van der Waals surface area contributed by atoms with E-state index in [4.69, 9.17) is 0 Å². The number of hydrazine groups is 1. The van der Waals surface area contributed by atoms with Crippen molar-refractivity contribution in [1.29, 1.82) is 0 Å². The zero-order chi connectivity index (χ0) is 16.3. The fourth-order valence-corrected chi connectivity index (χ4v) is 3.25. The van der Waals surface area contributed by atoms with E-state index < -0.39 is 12.0 Å². The number of aryl methyl sites for hydroxylation is 3. The van der Waals surface area contributed by atoms with Crippen molar-refractivity contribution in [2.24, 2.45) is 0 Å². The van der Waals surface area contributed by atoms with Gasteiger partial charge >= 0.3 is 6.09 Å². The Balaban J connectivity index is 2.28. The first-order valence-electron chi connectivity index (χ1n) is 6.97. The molecule has 2 amide bonds. The minimum Gasteiger partial charge on any atom is -0.449 e. The summed E-state index contributed by atoms with van der Waals surface area (Å²) in [6.07, 6.45) is 0.0403. The summed E-state index contributed by atoms with van der Waals surface area (Å²) in [7, 11) is 0. The van der Waals surface area contributed by atoms with Crippen LogP contribution in [0.25, 0.3) is 10.2 Å². The van der Waals surface area contributed by atoms with Gasteiger partial charge in [-0.15, -0.1) is 11.3 Å². The fourth-order valence-electron chi connectivity index (χ4n) is 2.10. The number of nitrogens with zero attached hydrogens (tertiary/aromatic N) is 2. The third-order valence-electron chi connectivity index (χ3n) is 3.09. The minimum atomic E-state index is -0.696. The van der Waals surface area contributed by atoms with E-state index in [0.29, 0.717) is 4.88 Å². The second kappa shape index (κ2) is 6.69. The number of hydrogen-bond donors (Lipinski definition) is 2. The Labute approximate surface area is 132 Å². The second-order valence-electron chi connectivity index (χ2n) is 4.61. The van der Waals surface area contributed by atoms with Crippen molar-refractivity contribution in [3.05, 3.63) is 22.0 Å². The predicted molar refractivity (Wildman–Crippen MR) is 83.9 cm³/mol. The normalized spacial score (nSPS) is 10.5. The molecule has 0 bridgehead atoms. The maximum absolute atomic E-state index is 12.2. The fraction of sp³-hybridized carbons (Fsp3) is 0.429. The molecule has 2 heterocycles.